The maximum atomic E-state index is 11.5. The lowest BCUT2D eigenvalue weighted by atomic mass is 10.2. The Bertz CT molecular complexity index is 387. The van der Waals surface area contributed by atoms with Crippen molar-refractivity contribution in [1.82, 2.24) is 16.0 Å². The minimum absolute atomic E-state index is 0. The number of halogens is 1. The zero-order valence-electron chi connectivity index (χ0n) is 14.0. The van der Waals surface area contributed by atoms with Crippen LogP contribution in [0.1, 0.15) is 39.0 Å². The standard InChI is InChI=1S/C15H28N4O3.HI/c1-3-16-15(18-9-5-4-6-13(20)22-2)19-11-10-17-14(21)12-7-8-12;/h12H,3-11H2,1-2H3,(H,17,21)(H2,16,18,19);1H. The molecular weight excluding hydrogens is 411 g/mol. The summed E-state index contributed by atoms with van der Waals surface area (Å²) in [5.41, 5.74) is 0. The molecule has 0 atom stereocenters. The Morgan fingerprint density at radius 1 is 1.13 bits per heavy atom. The van der Waals surface area contributed by atoms with Gasteiger partial charge >= 0.3 is 5.97 Å². The van der Waals surface area contributed by atoms with E-state index in [9.17, 15) is 9.59 Å². The van der Waals surface area contributed by atoms with Gasteiger partial charge in [-0.05, 0) is 32.6 Å². The van der Waals surface area contributed by atoms with E-state index in [2.05, 4.69) is 25.7 Å². The molecule has 1 aliphatic carbocycles. The monoisotopic (exact) mass is 440 g/mol. The zero-order chi connectivity index (χ0) is 16.2. The van der Waals surface area contributed by atoms with E-state index in [-0.39, 0.29) is 41.8 Å². The Morgan fingerprint density at radius 3 is 2.43 bits per heavy atom. The molecule has 8 heteroatoms. The largest absolute Gasteiger partial charge is 0.469 e. The first kappa shape index (κ1) is 21.9. The highest BCUT2D eigenvalue weighted by molar-refractivity contribution is 14.0. The third kappa shape index (κ3) is 11.2. The molecule has 0 aromatic carbocycles. The smallest absolute Gasteiger partial charge is 0.305 e. The van der Waals surface area contributed by atoms with Crippen molar-refractivity contribution in [3.63, 3.8) is 0 Å². The van der Waals surface area contributed by atoms with Gasteiger partial charge in [0, 0.05) is 38.5 Å². The molecule has 0 saturated heterocycles. The number of hydrogen-bond donors (Lipinski definition) is 3. The Morgan fingerprint density at radius 2 is 1.83 bits per heavy atom. The van der Waals surface area contributed by atoms with Gasteiger partial charge in [-0.15, -0.1) is 24.0 Å². The Labute approximate surface area is 155 Å². The first-order valence-electron chi connectivity index (χ1n) is 8.04. The summed E-state index contributed by atoms with van der Waals surface area (Å²) < 4.78 is 4.59. The van der Waals surface area contributed by atoms with Crippen molar-refractivity contribution >= 4 is 41.8 Å². The SMILES string of the molecule is CCNC(=NCCCCC(=O)OC)NCCNC(=O)C1CC1.I. The van der Waals surface area contributed by atoms with Crippen LogP contribution in [-0.2, 0) is 14.3 Å². The average Bonchev–Trinajstić information content (AvgIpc) is 3.35. The lowest BCUT2D eigenvalue weighted by Gasteiger charge is -2.11. The normalized spacial score (nSPS) is 13.7. The van der Waals surface area contributed by atoms with Crippen molar-refractivity contribution in [3.8, 4) is 0 Å². The van der Waals surface area contributed by atoms with Crippen LogP contribution in [0, 0.1) is 5.92 Å². The second-order valence-electron chi connectivity index (χ2n) is 5.29. The molecule has 0 radical (unpaired) electrons. The van der Waals surface area contributed by atoms with Gasteiger partial charge in [0.2, 0.25) is 5.91 Å². The fourth-order valence-electron chi connectivity index (χ4n) is 1.87. The molecule has 3 N–H and O–H groups in total. The summed E-state index contributed by atoms with van der Waals surface area (Å²) in [4.78, 5) is 26.9. The van der Waals surface area contributed by atoms with E-state index in [1.165, 1.54) is 7.11 Å². The van der Waals surface area contributed by atoms with Crippen LogP contribution >= 0.6 is 24.0 Å². The number of carbonyl (C=O) groups excluding carboxylic acids is 2. The predicted molar refractivity (Wildman–Crippen MR) is 101 cm³/mol. The highest BCUT2D eigenvalue weighted by atomic mass is 127. The molecule has 0 unspecified atom stereocenters. The van der Waals surface area contributed by atoms with E-state index in [4.69, 9.17) is 0 Å². The van der Waals surface area contributed by atoms with Gasteiger partial charge in [0.05, 0.1) is 7.11 Å². The summed E-state index contributed by atoms with van der Waals surface area (Å²) in [5.74, 6) is 0.963. The molecule has 1 saturated carbocycles. The minimum atomic E-state index is -0.180. The molecule has 7 nitrogen and oxygen atoms in total. The number of nitrogens with zero attached hydrogens (tertiary/aromatic N) is 1. The Kier molecular flexibility index (Phi) is 12.8. The van der Waals surface area contributed by atoms with Crippen molar-refractivity contribution in [3.05, 3.63) is 0 Å². The van der Waals surface area contributed by atoms with Gasteiger partial charge in [0.15, 0.2) is 5.96 Å². The van der Waals surface area contributed by atoms with E-state index in [0.717, 1.165) is 38.2 Å². The van der Waals surface area contributed by atoms with Crippen LogP contribution in [0.2, 0.25) is 0 Å². The molecule has 1 amide bonds. The summed E-state index contributed by atoms with van der Waals surface area (Å²) in [7, 11) is 1.40. The van der Waals surface area contributed by atoms with Crippen LogP contribution in [0.3, 0.4) is 0 Å². The number of rotatable bonds is 10. The molecule has 134 valence electrons. The highest BCUT2D eigenvalue weighted by Gasteiger charge is 2.28. The Balaban J connectivity index is 0.00000484. The third-order valence-electron chi connectivity index (χ3n) is 3.30. The number of esters is 1. The molecule has 0 aromatic rings. The number of nitrogens with one attached hydrogen (secondary N) is 3. The maximum absolute atomic E-state index is 11.5. The van der Waals surface area contributed by atoms with Gasteiger partial charge in [0.1, 0.15) is 0 Å². The number of amides is 1. The molecule has 23 heavy (non-hydrogen) atoms. The summed E-state index contributed by atoms with van der Waals surface area (Å²) in [6, 6.07) is 0. The van der Waals surface area contributed by atoms with Crippen molar-refractivity contribution in [2.24, 2.45) is 10.9 Å². The summed E-state index contributed by atoms with van der Waals surface area (Å²) in [6.07, 6.45) is 4.09. The highest BCUT2D eigenvalue weighted by Crippen LogP contribution is 2.28. The van der Waals surface area contributed by atoms with Gasteiger partial charge in [-0.1, -0.05) is 0 Å². The van der Waals surface area contributed by atoms with Crippen LogP contribution < -0.4 is 16.0 Å². The van der Waals surface area contributed by atoms with Gasteiger partial charge in [-0.3, -0.25) is 14.6 Å². The van der Waals surface area contributed by atoms with E-state index in [1.54, 1.807) is 0 Å². The molecule has 1 fully saturated rings. The number of aliphatic imine (C=N–C) groups is 1. The first-order valence-corrected chi connectivity index (χ1v) is 8.04. The molecule has 0 aromatic heterocycles. The van der Waals surface area contributed by atoms with Crippen LogP contribution in [0.4, 0.5) is 0 Å². The van der Waals surface area contributed by atoms with Crippen LogP contribution in [0.25, 0.3) is 0 Å². The van der Waals surface area contributed by atoms with Crippen LogP contribution in [0.5, 0.6) is 0 Å². The van der Waals surface area contributed by atoms with Crippen molar-refractivity contribution in [2.75, 3.05) is 33.3 Å². The third-order valence-corrected chi connectivity index (χ3v) is 3.30. The van der Waals surface area contributed by atoms with Gasteiger partial charge in [-0.25, -0.2) is 0 Å². The van der Waals surface area contributed by atoms with Crippen molar-refractivity contribution in [2.45, 2.75) is 39.0 Å². The zero-order valence-corrected chi connectivity index (χ0v) is 16.4. The molecule has 0 bridgehead atoms. The van der Waals surface area contributed by atoms with E-state index in [1.807, 2.05) is 6.92 Å². The number of methoxy groups -OCH3 is 1. The fraction of sp³-hybridized carbons (Fsp3) is 0.800. The fourth-order valence-corrected chi connectivity index (χ4v) is 1.87. The lowest BCUT2D eigenvalue weighted by Crippen LogP contribution is -2.41. The quantitative estimate of drug-likeness (QED) is 0.155. The maximum Gasteiger partial charge on any atom is 0.305 e. The van der Waals surface area contributed by atoms with Gasteiger partial charge in [-0.2, -0.15) is 0 Å². The predicted octanol–water partition coefficient (Wildman–Crippen LogP) is 1.03. The summed E-state index contributed by atoms with van der Waals surface area (Å²) >= 11 is 0. The second kappa shape index (κ2) is 13.4. The van der Waals surface area contributed by atoms with Crippen LogP contribution in [0.15, 0.2) is 4.99 Å². The summed E-state index contributed by atoms with van der Waals surface area (Å²) in [6.45, 7) is 4.68. The molecule has 1 rings (SSSR count). The first-order chi connectivity index (χ1) is 10.7. The summed E-state index contributed by atoms with van der Waals surface area (Å²) in [5, 5.41) is 9.23. The van der Waals surface area contributed by atoms with E-state index in [0.29, 0.717) is 26.1 Å². The van der Waals surface area contributed by atoms with E-state index >= 15 is 0 Å². The Hall–Kier alpha value is -1.06. The number of carbonyl (C=O) groups is 2. The molecular formula is C15H29IN4O3. The number of guanidine groups is 1. The molecule has 0 aliphatic heterocycles. The van der Waals surface area contributed by atoms with Crippen molar-refractivity contribution < 1.29 is 14.3 Å². The second-order valence-corrected chi connectivity index (χ2v) is 5.29. The molecule has 0 spiro atoms. The molecule has 1 aliphatic rings. The number of ether oxygens (including phenoxy) is 1. The van der Waals surface area contributed by atoms with Gasteiger partial charge in [0.25, 0.3) is 0 Å². The average molecular weight is 440 g/mol. The van der Waals surface area contributed by atoms with Gasteiger partial charge < -0.3 is 20.7 Å². The van der Waals surface area contributed by atoms with Crippen LogP contribution in [-0.4, -0.2) is 51.1 Å². The number of unbranched alkanes of at least 4 members (excludes halogenated alkanes) is 1. The number of hydrogen-bond acceptors (Lipinski definition) is 4. The lowest BCUT2D eigenvalue weighted by molar-refractivity contribution is -0.140. The van der Waals surface area contributed by atoms with Crippen molar-refractivity contribution in [1.29, 1.82) is 0 Å². The topological polar surface area (TPSA) is 91.8 Å². The molecule has 0 heterocycles. The minimum Gasteiger partial charge on any atom is -0.469 e. The van der Waals surface area contributed by atoms with E-state index < -0.39 is 0 Å².